The van der Waals surface area contributed by atoms with Crippen LogP contribution >= 0.6 is 11.6 Å². The van der Waals surface area contributed by atoms with Crippen LogP contribution in [0.1, 0.15) is 28.6 Å². The summed E-state index contributed by atoms with van der Waals surface area (Å²) in [5.41, 5.74) is 2.25. The standard InChI is InChI=1S/C19H16ClNO3/c1-12(22)21-9-8-13-2-4-14(5-3-13)19(23)18-11-15-10-16(20)6-7-17(15)24-18/h2-7,10-11H,8-9H2,1H3,(H,21,22). The summed E-state index contributed by atoms with van der Waals surface area (Å²) in [5.74, 6) is 0.0702. The molecule has 4 nitrogen and oxygen atoms in total. The summed E-state index contributed by atoms with van der Waals surface area (Å²) in [7, 11) is 0. The molecule has 0 bridgehead atoms. The molecule has 0 saturated heterocycles. The zero-order valence-corrected chi connectivity index (χ0v) is 13.9. The third-order valence-electron chi connectivity index (χ3n) is 3.71. The quantitative estimate of drug-likeness (QED) is 0.714. The van der Waals surface area contributed by atoms with Crippen LogP contribution in [0.3, 0.4) is 0 Å². The molecule has 0 aliphatic rings. The summed E-state index contributed by atoms with van der Waals surface area (Å²) < 4.78 is 5.61. The van der Waals surface area contributed by atoms with E-state index in [4.69, 9.17) is 16.0 Å². The number of rotatable bonds is 5. The van der Waals surface area contributed by atoms with E-state index in [1.165, 1.54) is 6.92 Å². The van der Waals surface area contributed by atoms with E-state index in [1.54, 1.807) is 36.4 Å². The first-order chi connectivity index (χ1) is 11.5. The minimum atomic E-state index is -0.171. The second kappa shape index (κ2) is 6.89. The van der Waals surface area contributed by atoms with Gasteiger partial charge in [-0.15, -0.1) is 0 Å². The number of hydrogen-bond acceptors (Lipinski definition) is 3. The third kappa shape index (κ3) is 3.66. The second-order valence-corrected chi connectivity index (χ2v) is 5.99. The Hall–Kier alpha value is -2.59. The van der Waals surface area contributed by atoms with Crippen molar-refractivity contribution in [1.29, 1.82) is 0 Å². The molecule has 0 aliphatic carbocycles. The number of nitrogens with one attached hydrogen (secondary N) is 1. The van der Waals surface area contributed by atoms with Crippen molar-refractivity contribution in [3.8, 4) is 0 Å². The topological polar surface area (TPSA) is 59.3 Å². The molecule has 0 spiro atoms. The fraction of sp³-hybridized carbons (Fsp3) is 0.158. The molecule has 2 aromatic carbocycles. The maximum absolute atomic E-state index is 12.5. The maximum atomic E-state index is 12.5. The number of fused-ring (bicyclic) bond motifs is 1. The predicted octanol–water partition coefficient (Wildman–Crippen LogP) is 4.00. The molecule has 1 amide bonds. The number of carbonyl (C=O) groups is 2. The Morgan fingerprint density at radius 2 is 1.83 bits per heavy atom. The fourth-order valence-corrected chi connectivity index (χ4v) is 2.65. The zero-order valence-electron chi connectivity index (χ0n) is 13.1. The number of carbonyl (C=O) groups excluding carboxylic acids is 2. The van der Waals surface area contributed by atoms with Gasteiger partial charge in [0.05, 0.1) is 0 Å². The van der Waals surface area contributed by atoms with Gasteiger partial charge in [-0.3, -0.25) is 9.59 Å². The van der Waals surface area contributed by atoms with Crippen molar-refractivity contribution in [1.82, 2.24) is 5.32 Å². The van der Waals surface area contributed by atoms with Crippen LogP contribution < -0.4 is 5.32 Å². The molecule has 0 saturated carbocycles. The van der Waals surface area contributed by atoms with Crippen molar-refractivity contribution >= 4 is 34.3 Å². The Labute approximate surface area is 144 Å². The third-order valence-corrected chi connectivity index (χ3v) is 3.94. The van der Waals surface area contributed by atoms with Crippen molar-refractivity contribution in [3.05, 3.63) is 70.4 Å². The first-order valence-electron chi connectivity index (χ1n) is 7.60. The van der Waals surface area contributed by atoms with Crippen LogP contribution in [-0.2, 0) is 11.2 Å². The highest BCUT2D eigenvalue weighted by molar-refractivity contribution is 6.31. The highest BCUT2D eigenvalue weighted by Crippen LogP contribution is 2.24. The van der Waals surface area contributed by atoms with Crippen LogP contribution in [0.15, 0.2) is 52.9 Å². The van der Waals surface area contributed by atoms with Crippen molar-refractivity contribution in [2.75, 3.05) is 6.54 Å². The summed E-state index contributed by atoms with van der Waals surface area (Å²) >= 11 is 5.95. The molecule has 0 fully saturated rings. The van der Waals surface area contributed by atoms with Crippen LogP contribution in [0.2, 0.25) is 5.02 Å². The monoisotopic (exact) mass is 341 g/mol. The van der Waals surface area contributed by atoms with E-state index in [0.717, 1.165) is 17.4 Å². The Bertz CT molecular complexity index is 897. The van der Waals surface area contributed by atoms with Crippen LogP contribution in [0.4, 0.5) is 0 Å². The Balaban J connectivity index is 1.75. The molecule has 3 rings (SSSR count). The molecule has 1 heterocycles. The van der Waals surface area contributed by atoms with Crippen molar-refractivity contribution in [2.24, 2.45) is 0 Å². The average Bonchev–Trinajstić information content (AvgIpc) is 2.97. The zero-order chi connectivity index (χ0) is 17.1. The summed E-state index contributed by atoms with van der Waals surface area (Å²) in [6.07, 6.45) is 0.719. The normalized spacial score (nSPS) is 10.8. The van der Waals surface area contributed by atoms with Gasteiger partial charge in [0.25, 0.3) is 0 Å². The molecule has 122 valence electrons. The van der Waals surface area contributed by atoms with Crippen molar-refractivity contribution in [3.63, 3.8) is 0 Å². The van der Waals surface area contributed by atoms with E-state index in [1.807, 2.05) is 12.1 Å². The van der Waals surface area contributed by atoms with Gasteiger partial charge >= 0.3 is 0 Å². The van der Waals surface area contributed by atoms with Gasteiger partial charge in [0.1, 0.15) is 5.58 Å². The van der Waals surface area contributed by atoms with E-state index >= 15 is 0 Å². The van der Waals surface area contributed by atoms with Crippen molar-refractivity contribution < 1.29 is 14.0 Å². The molecule has 0 unspecified atom stereocenters. The number of hydrogen-bond donors (Lipinski definition) is 1. The van der Waals surface area contributed by atoms with Crippen molar-refractivity contribution in [2.45, 2.75) is 13.3 Å². The minimum Gasteiger partial charge on any atom is -0.453 e. The first-order valence-corrected chi connectivity index (χ1v) is 7.98. The molecular formula is C19H16ClNO3. The highest BCUT2D eigenvalue weighted by Gasteiger charge is 2.14. The van der Waals surface area contributed by atoms with E-state index in [9.17, 15) is 9.59 Å². The molecule has 24 heavy (non-hydrogen) atoms. The Morgan fingerprint density at radius 3 is 2.54 bits per heavy atom. The maximum Gasteiger partial charge on any atom is 0.228 e. The molecule has 1 N–H and O–H groups in total. The Morgan fingerprint density at radius 1 is 1.08 bits per heavy atom. The van der Waals surface area contributed by atoms with Gasteiger partial charge in [0.15, 0.2) is 5.76 Å². The molecular weight excluding hydrogens is 326 g/mol. The summed E-state index contributed by atoms with van der Waals surface area (Å²) in [5, 5.41) is 4.15. The Kier molecular flexibility index (Phi) is 4.67. The lowest BCUT2D eigenvalue weighted by Crippen LogP contribution is -2.22. The van der Waals surface area contributed by atoms with E-state index in [0.29, 0.717) is 28.5 Å². The second-order valence-electron chi connectivity index (χ2n) is 5.55. The number of halogens is 1. The summed E-state index contributed by atoms with van der Waals surface area (Å²) in [4.78, 5) is 23.4. The number of furan rings is 1. The van der Waals surface area contributed by atoms with E-state index in [-0.39, 0.29) is 11.7 Å². The molecule has 3 aromatic rings. The smallest absolute Gasteiger partial charge is 0.228 e. The summed E-state index contributed by atoms with van der Waals surface area (Å²) in [6.45, 7) is 2.06. The minimum absolute atomic E-state index is 0.0493. The lowest BCUT2D eigenvalue weighted by molar-refractivity contribution is -0.118. The van der Waals surface area contributed by atoms with Crippen LogP contribution in [0.25, 0.3) is 11.0 Å². The molecule has 5 heteroatoms. The SMILES string of the molecule is CC(=O)NCCc1ccc(C(=O)c2cc3cc(Cl)ccc3o2)cc1. The van der Waals surface area contributed by atoms with Gasteiger partial charge < -0.3 is 9.73 Å². The van der Waals surface area contributed by atoms with Gasteiger partial charge in [0, 0.05) is 29.4 Å². The van der Waals surface area contributed by atoms with Crippen LogP contribution in [0, 0.1) is 0 Å². The largest absolute Gasteiger partial charge is 0.453 e. The average molecular weight is 342 g/mol. The molecule has 0 radical (unpaired) electrons. The van der Waals surface area contributed by atoms with Gasteiger partial charge in [-0.25, -0.2) is 0 Å². The number of ketones is 1. The highest BCUT2D eigenvalue weighted by atomic mass is 35.5. The van der Waals surface area contributed by atoms with Crippen LogP contribution in [-0.4, -0.2) is 18.2 Å². The lowest BCUT2D eigenvalue weighted by Gasteiger charge is -2.03. The van der Waals surface area contributed by atoms with Gasteiger partial charge in [-0.2, -0.15) is 0 Å². The van der Waals surface area contributed by atoms with Crippen LogP contribution in [0.5, 0.6) is 0 Å². The number of amides is 1. The predicted molar refractivity (Wildman–Crippen MR) is 93.5 cm³/mol. The van der Waals surface area contributed by atoms with Gasteiger partial charge in [0.2, 0.25) is 11.7 Å². The van der Waals surface area contributed by atoms with E-state index < -0.39 is 0 Å². The van der Waals surface area contributed by atoms with Gasteiger partial charge in [-0.05, 0) is 36.2 Å². The first kappa shape index (κ1) is 16.3. The number of benzene rings is 2. The molecule has 0 atom stereocenters. The molecule has 0 aliphatic heterocycles. The fourth-order valence-electron chi connectivity index (χ4n) is 2.47. The lowest BCUT2D eigenvalue weighted by atomic mass is 10.0. The molecule has 1 aromatic heterocycles. The van der Waals surface area contributed by atoms with E-state index in [2.05, 4.69) is 5.32 Å². The summed E-state index contributed by atoms with van der Waals surface area (Å²) in [6, 6.07) is 14.3. The van der Waals surface area contributed by atoms with Gasteiger partial charge in [-0.1, -0.05) is 35.9 Å².